The smallest absolute Gasteiger partial charge is 0.391 e. The monoisotopic (exact) mass is 271 g/mol. The van der Waals surface area contributed by atoms with E-state index >= 15 is 0 Å². The van der Waals surface area contributed by atoms with Crippen molar-refractivity contribution in [1.29, 1.82) is 0 Å². The third-order valence-electron chi connectivity index (χ3n) is 3.01. The average Bonchev–Trinajstić information content (AvgIpc) is 2.31. The van der Waals surface area contributed by atoms with Crippen LogP contribution in [-0.4, -0.2) is 43.2 Å². The zero-order valence-electron chi connectivity index (χ0n) is 11.1. The molecule has 0 aromatic heterocycles. The van der Waals surface area contributed by atoms with Crippen LogP contribution in [-0.2, 0) is 4.74 Å². The number of rotatable bonds is 10. The molecule has 2 N–H and O–H groups in total. The molecule has 18 heavy (non-hydrogen) atoms. The molecule has 0 aliphatic heterocycles. The van der Waals surface area contributed by atoms with Crippen LogP contribution in [0.25, 0.3) is 0 Å². The van der Waals surface area contributed by atoms with E-state index in [1.165, 1.54) is 0 Å². The van der Waals surface area contributed by atoms with Gasteiger partial charge in [-0.1, -0.05) is 13.8 Å². The number of aliphatic hydroxyl groups is 1. The summed E-state index contributed by atoms with van der Waals surface area (Å²) in [5.74, 6) is 0. The van der Waals surface area contributed by atoms with Gasteiger partial charge in [0.1, 0.15) is 0 Å². The summed E-state index contributed by atoms with van der Waals surface area (Å²) in [7, 11) is 0. The van der Waals surface area contributed by atoms with Crippen molar-refractivity contribution >= 4 is 0 Å². The lowest BCUT2D eigenvalue weighted by Crippen LogP contribution is -2.48. The molecule has 0 fully saturated rings. The van der Waals surface area contributed by atoms with Gasteiger partial charge in [-0.2, -0.15) is 13.2 Å². The second-order valence-electron chi connectivity index (χ2n) is 4.40. The lowest BCUT2D eigenvalue weighted by molar-refractivity contribution is -0.145. The van der Waals surface area contributed by atoms with Gasteiger partial charge in [0.05, 0.1) is 19.6 Å². The maximum atomic E-state index is 11.8. The Labute approximate surface area is 107 Å². The number of ether oxygens (including phenoxy) is 1. The summed E-state index contributed by atoms with van der Waals surface area (Å²) < 4.78 is 40.5. The second kappa shape index (κ2) is 8.72. The van der Waals surface area contributed by atoms with Crippen LogP contribution in [0.15, 0.2) is 0 Å². The van der Waals surface area contributed by atoms with Crippen molar-refractivity contribution in [2.24, 2.45) is 0 Å². The van der Waals surface area contributed by atoms with Crippen LogP contribution in [0.4, 0.5) is 13.2 Å². The molecule has 1 atom stereocenters. The molecule has 110 valence electrons. The molecule has 1 unspecified atom stereocenters. The van der Waals surface area contributed by atoms with Crippen LogP contribution < -0.4 is 5.32 Å². The molecule has 0 aliphatic rings. The Balaban J connectivity index is 3.74. The fourth-order valence-electron chi connectivity index (χ4n) is 1.81. The summed E-state index contributed by atoms with van der Waals surface area (Å²) in [5.41, 5.74) is -0.331. The first-order valence-electron chi connectivity index (χ1n) is 6.39. The number of aliphatic hydroxyl groups excluding tert-OH is 1. The van der Waals surface area contributed by atoms with Crippen LogP contribution in [0, 0.1) is 0 Å². The van der Waals surface area contributed by atoms with Gasteiger partial charge in [0.2, 0.25) is 0 Å². The lowest BCUT2D eigenvalue weighted by Gasteiger charge is -2.31. The largest absolute Gasteiger partial charge is 0.394 e. The molecule has 0 bridgehead atoms. The molecule has 0 spiro atoms. The summed E-state index contributed by atoms with van der Waals surface area (Å²) in [6, 6.07) is 0. The minimum atomic E-state index is -4.15. The Hall–Kier alpha value is -0.330. The topological polar surface area (TPSA) is 41.5 Å². The maximum absolute atomic E-state index is 11.8. The molecule has 0 saturated carbocycles. The van der Waals surface area contributed by atoms with Crippen LogP contribution in [0.3, 0.4) is 0 Å². The summed E-state index contributed by atoms with van der Waals surface area (Å²) in [4.78, 5) is 0. The van der Waals surface area contributed by atoms with E-state index in [1.807, 2.05) is 13.8 Å². The van der Waals surface area contributed by atoms with E-state index in [2.05, 4.69) is 5.32 Å². The Kier molecular flexibility index (Phi) is 8.56. The average molecular weight is 271 g/mol. The summed E-state index contributed by atoms with van der Waals surface area (Å²) >= 11 is 0. The molecular formula is C12H24F3NO2. The molecule has 0 amide bonds. The van der Waals surface area contributed by atoms with Gasteiger partial charge in [-0.25, -0.2) is 0 Å². The number of nitrogens with one attached hydrogen (secondary N) is 1. The number of halogens is 3. The molecule has 0 aromatic carbocycles. The normalized spacial score (nSPS) is 15.7. The van der Waals surface area contributed by atoms with Crippen LogP contribution in [0.1, 0.15) is 39.5 Å². The highest BCUT2D eigenvalue weighted by Crippen LogP contribution is 2.20. The van der Waals surface area contributed by atoms with Crippen molar-refractivity contribution in [2.75, 3.05) is 26.4 Å². The molecule has 6 heteroatoms. The SMILES string of the molecule is CCNC(CC)(CO)CCCOCCC(F)(F)F. The standard InChI is InChI=1S/C12H24F3NO2/c1-3-11(10-17,16-4-2)6-5-8-18-9-7-12(13,14)15/h16-17H,3-10H2,1-2H3. The molecule has 0 rings (SSSR count). The van der Waals surface area contributed by atoms with E-state index in [1.54, 1.807) is 0 Å². The minimum absolute atomic E-state index is 0.0277. The zero-order chi connectivity index (χ0) is 14.1. The first kappa shape index (κ1) is 17.7. The molecule has 3 nitrogen and oxygen atoms in total. The number of hydrogen-bond donors (Lipinski definition) is 2. The van der Waals surface area contributed by atoms with E-state index < -0.39 is 12.6 Å². The van der Waals surface area contributed by atoms with E-state index in [4.69, 9.17) is 4.74 Å². The molecule has 0 radical (unpaired) electrons. The van der Waals surface area contributed by atoms with Crippen molar-refractivity contribution in [3.63, 3.8) is 0 Å². The van der Waals surface area contributed by atoms with Crippen LogP contribution in [0.5, 0.6) is 0 Å². The molecule has 0 saturated heterocycles. The Bertz CT molecular complexity index is 206. The molecule has 0 aliphatic carbocycles. The predicted molar refractivity (Wildman–Crippen MR) is 64.5 cm³/mol. The highest BCUT2D eigenvalue weighted by molar-refractivity contribution is 4.85. The van der Waals surface area contributed by atoms with Crippen molar-refractivity contribution in [2.45, 2.75) is 51.2 Å². The number of alkyl halides is 3. The lowest BCUT2D eigenvalue weighted by atomic mass is 9.91. The van der Waals surface area contributed by atoms with Crippen molar-refractivity contribution in [3.8, 4) is 0 Å². The quantitative estimate of drug-likeness (QED) is 0.600. The highest BCUT2D eigenvalue weighted by Gasteiger charge is 2.27. The van der Waals surface area contributed by atoms with Gasteiger partial charge >= 0.3 is 6.18 Å². The number of hydrogen-bond acceptors (Lipinski definition) is 3. The van der Waals surface area contributed by atoms with Gasteiger partial charge in [0.25, 0.3) is 0 Å². The first-order valence-corrected chi connectivity index (χ1v) is 6.39. The molecule has 0 heterocycles. The third-order valence-corrected chi connectivity index (χ3v) is 3.01. The highest BCUT2D eigenvalue weighted by atomic mass is 19.4. The number of likely N-dealkylation sites (N-methyl/N-ethyl adjacent to an activating group) is 1. The van der Waals surface area contributed by atoms with Crippen molar-refractivity contribution in [1.82, 2.24) is 5.32 Å². The van der Waals surface area contributed by atoms with E-state index in [0.717, 1.165) is 13.0 Å². The third kappa shape index (κ3) is 7.89. The van der Waals surface area contributed by atoms with Gasteiger partial charge in [0, 0.05) is 12.1 Å². The fourth-order valence-corrected chi connectivity index (χ4v) is 1.81. The van der Waals surface area contributed by atoms with Gasteiger partial charge in [0.15, 0.2) is 0 Å². The van der Waals surface area contributed by atoms with Crippen LogP contribution >= 0.6 is 0 Å². The Morgan fingerprint density at radius 3 is 2.22 bits per heavy atom. The Morgan fingerprint density at radius 2 is 1.78 bits per heavy atom. The van der Waals surface area contributed by atoms with E-state index in [0.29, 0.717) is 19.4 Å². The fraction of sp³-hybridized carbons (Fsp3) is 1.00. The van der Waals surface area contributed by atoms with Gasteiger partial charge < -0.3 is 15.2 Å². The molecular weight excluding hydrogens is 247 g/mol. The minimum Gasteiger partial charge on any atom is -0.394 e. The van der Waals surface area contributed by atoms with Gasteiger partial charge in [-0.3, -0.25) is 0 Å². The maximum Gasteiger partial charge on any atom is 0.391 e. The van der Waals surface area contributed by atoms with Crippen molar-refractivity contribution < 1.29 is 23.0 Å². The van der Waals surface area contributed by atoms with Crippen molar-refractivity contribution in [3.05, 3.63) is 0 Å². The van der Waals surface area contributed by atoms with E-state index in [9.17, 15) is 18.3 Å². The second-order valence-corrected chi connectivity index (χ2v) is 4.40. The van der Waals surface area contributed by atoms with Gasteiger partial charge in [-0.15, -0.1) is 0 Å². The summed E-state index contributed by atoms with van der Waals surface area (Å²) in [6.45, 7) is 4.72. The van der Waals surface area contributed by atoms with E-state index in [-0.39, 0.29) is 18.8 Å². The Morgan fingerprint density at radius 1 is 1.11 bits per heavy atom. The summed E-state index contributed by atoms with van der Waals surface area (Å²) in [6.07, 6.45) is -2.94. The molecule has 0 aromatic rings. The predicted octanol–water partition coefficient (Wildman–Crippen LogP) is 2.49. The first-order chi connectivity index (χ1) is 8.39. The summed E-state index contributed by atoms with van der Waals surface area (Å²) in [5, 5.41) is 12.6. The zero-order valence-corrected chi connectivity index (χ0v) is 11.1. The van der Waals surface area contributed by atoms with Crippen LogP contribution in [0.2, 0.25) is 0 Å². The van der Waals surface area contributed by atoms with Gasteiger partial charge in [-0.05, 0) is 25.8 Å².